The Kier molecular flexibility index (Phi) is 5.40. The molecule has 0 radical (unpaired) electrons. The molecule has 0 aliphatic carbocycles. The lowest BCUT2D eigenvalue weighted by molar-refractivity contribution is 0.0970. The Bertz CT molecular complexity index is 1350. The predicted octanol–water partition coefficient (Wildman–Crippen LogP) is 5.23. The second-order valence-electron chi connectivity index (χ2n) is 7.38. The van der Waals surface area contributed by atoms with Crippen LogP contribution in [0.3, 0.4) is 0 Å². The van der Waals surface area contributed by atoms with Gasteiger partial charge in [-0.15, -0.1) is 10.2 Å². The van der Waals surface area contributed by atoms with E-state index in [4.69, 9.17) is 20.8 Å². The molecule has 9 heteroatoms. The monoisotopic (exact) mass is 467 g/mol. The van der Waals surface area contributed by atoms with Gasteiger partial charge in [-0.25, -0.2) is 0 Å². The van der Waals surface area contributed by atoms with Gasteiger partial charge in [-0.1, -0.05) is 48.4 Å². The molecule has 1 aliphatic heterocycles. The van der Waals surface area contributed by atoms with Crippen molar-refractivity contribution in [2.24, 2.45) is 0 Å². The van der Waals surface area contributed by atoms with Crippen molar-refractivity contribution >= 4 is 44.9 Å². The van der Waals surface area contributed by atoms with E-state index in [1.54, 1.807) is 23.7 Å². The Morgan fingerprint density at radius 3 is 2.72 bits per heavy atom. The zero-order valence-corrected chi connectivity index (χ0v) is 18.7. The van der Waals surface area contributed by atoms with Gasteiger partial charge in [0.05, 0.1) is 23.6 Å². The van der Waals surface area contributed by atoms with Crippen LogP contribution in [0.5, 0.6) is 5.75 Å². The Labute approximate surface area is 192 Å². The molecule has 0 fully saturated rings. The van der Waals surface area contributed by atoms with Crippen LogP contribution in [-0.2, 0) is 0 Å². The molecular formula is C23H18ClN3O4S. The topological polar surface area (TPSA) is 85.5 Å². The van der Waals surface area contributed by atoms with E-state index in [1.807, 2.05) is 24.3 Å². The molecule has 0 N–H and O–H groups in total. The normalized spacial score (nSPS) is 15.4. The van der Waals surface area contributed by atoms with E-state index >= 15 is 0 Å². The fourth-order valence-corrected chi connectivity index (χ4v) is 4.57. The smallest absolute Gasteiger partial charge is 0.297 e. The fourth-order valence-electron chi connectivity index (χ4n) is 3.81. The minimum atomic E-state index is -0.699. The van der Waals surface area contributed by atoms with E-state index in [0.29, 0.717) is 27.7 Å². The number of rotatable bonds is 6. The number of hydrogen-bond donors (Lipinski definition) is 0. The summed E-state index contributed by atoms with van der Waals surface area (Å²) >= 11 is 7.33. The highest BCUT2D eigenvalue weighted by Crippen LogP contribution is 2.42. The molecule has 3 heterocycles. The number of hydrogen-bond acceptors (Lipinski definition) is 7. The van der Waals surface area contributed by atoms with Crippen molar-refractivity contribution in [1.29, 1.82) is 0 Å². The first kappa shape index (κ1) is 20.7. The molecule has 2 aromatic heterocycles. The SMILES string of the molecule is CCCCOc1ccc(C2c3c(oc4ccc(Cl)cc4c3=O)C(=O)N2c2nncs2)cc1. The number of unbranched alkanes of at least 4 members (excludes halogenated alkanes) is 1. The average molecular weight is 468 g/mol. The van der Waals surface area contributed by atoms with Crippen molar-refractivity contribution in [3.63, 3.8) is 0 Å². The number of halogens is 1. The van der Waals surface area contributed by atoms with Gasteiger partial charge in [0.1, 0.15) is 16.8 Å². The largest absolute Gasteiger partial charge is 0.494 e. The maximum Gasteiger partial charge on any atom is 0.297 e. The number of fused-ring (bicyclic) bond motifs is 2. The maximum absolute atomic E-state index is 13.5. The van der Waals surface area contributed by atoms with Gasteiger partial charge in [0.25, 0.3) is 5.91 Å². The van der Waals surface area contributed by atoms with Crippen LogP contribution < -0.4 is 15.1 Å². The third kappa shape index (κ3) is 3.45. The third-order valence-corrected chi connectivity index (χ3v) is 6.27. The van der Waals surface area contributed by atoms with E-state index in [0.717, 1.165) is 24.2 Å². The standard InChI is InChI=1S/C23H18ClN3O4S/c1-2-3-10-30-15-7-4-13(5-8-15)19-18-20(28)16-11-14(24)6-9-17(16)31-21(18)22(29)27(19)23-26-25-12-32-23/h4-9,11-12,19H,2-3,10H2,1H3. The summed E-state index contributed by atoms with van der Waals surface area (Å²) in [5, 5.41) is 9.07. The predicted molar refractivity (Wildman–Crippen MR) is 123 cm³/mol. The number of amides is 1. The molecule has 4 aromatic rings. The van der Waals surface area contributed by atoms with E-state index < -0.39 is 11.9 Å². The molecule has 5 rings (SSSR count). The summed E-state index contributed by atoms with van der Waals surface area (Å²) in [6, 6.07) is 11.5. The summed E-state index contributed by atoms with van der Waals surface area (Å²) in [6.45, 7) is 2.74. The van der Waals surface area contributed by atoms with Gasteiger partial charge in [-0.2, -0.15) is 0 Å². The van der Waals surface area contributed by atoms with Gasteiger partial charge in [0, 0.05) is 5.02 Å². The van der Waals surface area contributed by atoms with Gasteiger partial charge < -0.3 is 9.15 Å². The van der Waals surface area contributed by atoms with Crippen LogP contribution in [-0.4, -0.2) is 22.7 Å². The van der Waals surface area contributed by atoms with Crippen LogP contribution in [0, 0.1) is 0 Å². The molecule has 0 saturated carbocycles. The van der Waals surface area contributed by atoms with Crippen LogP contribution in [0.2, 0.25) is 5.02 Å². The Balaban J connectivity index is 1.66. The van der Waals surface area contributed by atoms with Crippen LogP contribution in [0.15, 0.2) is 57.2 Å². The molecule has 1 unspecified atom stereocenters. The van der Waals surface area contributed by atoms with Crippen molar-refractivity contribution in [3.8, 4) is 5.75 Å². The fraction of sp³-hybridized carbons (Fsp3) is 0.217. The summed E-state index contributed by atoms with van der Waals surface area (Å²) in [7, 11) is 0. The molecule has 0 spiro atoms. The Hall–Kier alpha value is -3.23. The summed E-state index contributed by atoms with van der Waals surface area (Å²) in [5.74, 6) is 0.304. The second-order valence-corrected chi connectivity index (χ2v) is 8.63. The van der Waals surface area contributed by atoms with E-state index in [9.17, 15) is 9.59 Å². The molecule has 32 heavy (non-hydrogen) atoms. The zero-order valence-electron chi connectivity index (χ0n) is 17.1. The summed E-state index contributed by atoms with van der Waals surface area (Å²) in [6.07, 6.45) is 2.01. The average Bonchev–Trinajstić information content (AvgIpc) is 3.42. The zero-order chi connectivity index (χ0) is 22.2. The summed E-state index contributed by atoms with van der Waals surface area (Å²) in [5.41, 5.74) is 2.56. The van der Waals surface area contributed by atoms with E-state index in [2.05, 4.69) is 17.1 Å². The number of carbonyl (C=O) groups is 1. The maximum atomic E-state index is 13.5. The molecule has 162 valence electrons. The van der Waals surface area contributed by atoms with Gasteiger partial charge >= 0.3 is 0 Å². The highest BCUT2D eigenvalue weighted by molar-refractivity contribution is 7.13. The second kappa shape index (κ2) is 8.37. The number of benzene rings is 2. The summed E-state index contributed by atoms with van der Waals surface area (Å²) in [4.78, 5) is 28.3. The number of carbonyl (C=O) groups excluding carboxylic acids is 1. The van der Waals surface area contributed by atoms with Gasteiger partial charge in [-0.05, 0) is 42.3 Å². The molecule has 0 saturated heterocycles. The molecule has 7 nitrogen and oxygen atoms in total. The van der Waals surface area contributed by atoms with Gasteiger partial charge in [-0.3, -0.25) is 14.5 Å². The molecule has 0 bridgehead atoms. The van der Waals surface area contributed by atoms with Crippen molar-refractivity contribution in [2.45, 2.75) is 25.8 Å². The van der Waals surface area contributed by atoms with Crippen LogP contribution in [0.4, 0.5) is 5.13 Å². The third-order valence-electron chi connectivity index (χ3n) is 5.35. The van der Waals surface area contributed by atoms with Crippen molar-refractivity contribution in [3.05, 3.63) is 80.1 Å². The minimum Gasteiger partial charge on any atom is -0.494 e. The Morgan fingerprint density at radius 2 is 2.00 bits per heavy atom. The van der Waals surface area contributed by atoms with Crippen molar-refractivity contribution < 1.29 is 13.9 Å². The quantitative estimate of drug-likeness (QED) is 0.361. The first-order valence-electron chi connectivity index (χ1n) is 10.2. The van der Waals surface area contributed by atoms with Crippen molar-refractivity contribution in [1.82, 2.24) is 10.2 Å². The summed E-state index contributed by atoms with van der Waals surface area (Å²) < 4.78 is 11.7. The molecule has 1 amide bonds. The van der Waals surface area contributed by atoms with Crippen LogP contribution in [0.25, 0.3) is 11.0 Å². The molecule has 2 aromatic carbocycles. The lowest BCUT2D eigenvalue weighted by Crippen LogP contribution is -2.29. The van der Waals surface area contributed by atoms with Crippen molar-refractivity contribution in [2.75, 3.05) is 11.5 Å². The molecule has 1 aliphatic rings. The minimum absolute atomic E-state index is 0.00768. The first-order valence-corrected chi connectivity index (χ1v) is 11.4. The van der Waals surface area contributed by atoms with E-state index in [1.165, 1.54) is 16.2 Å². The molecule has 1 atom stereocenters. The number of ether oxygens (including phenoxy) is 1. The number of nitrogens with zero attached hydrogens (tertiary/aromatic N) is 3. The number of anilines is 1. The first-order chi connectivity index (χ1) is 15.6. The van der Waals surface area contributed by atoms with Gasteiger partial charge in [0.2, 0.25) is 10.9 Å². The van der Waals surface area contributed by atoms with E-state index in [-0.39, 0.29) is 16.8 Å². The lowest BCUT2D eigenvalue weighted by atomic mass is 9.98. The highest BCUT2D eigenvalue weighted by Gasteiger charge is 2.45. The lowest BCUT2D eigenvalue weighted by Gasteiger charge is -2.22. The molecular weight excluding hydrogens is 450 g/mol. The van der Waals surface area contributed by atoms with Gasteiger partial charge in [0.15, 0.2) is 5.43 Å². The number of aromatic nitrogens is 2. The van der Waals surface area contributed by atoms with Crippen LogP contribution in [0.1, 0.15) is 47.5 Å². The Morgan fingerprint density at radius 1 is 1.19 bits per heavy atom. The van der Waals surface area contributed by atoms with Crippen LogP contribution >= 0.6 is 22.9 Å². The highest BCUT2D eigenvalue weighted by atomic mass is 35.5.